The fourth-order valence-electron chi connectivity index (χ4n) is 2.24. The Hall–Kier alpha value is -1.13. The van der Waals surface area contributed by atoms with Crippen LogP contribution in [0.1, 0.15) is 39.4 Å². The molecule has 0 bridgehead atoms. The molecule has 108 valence electrons. The van der Waals surface area contributed by atoms with Crippen LogP contribution in [0.4, 0.5) is 0 Å². The van der Waals surface area contributed by atoms with Crippen LogP contribution >= 0.6 is 0 Å². The lowest BCUT2D eigenvalue weighted by Crippen LogP contribution is -2.39. The van der Waals surface area contributed by atoms with Gasteiger partial charge in [0, 0.05) is 25.8 Å². The van der Waals surface area contributed by atoms with Crippen molar-refractivity contribution in [2.45, 2.75) is 33.7 Å². The number of aromatic nitrogens is 2. The van der Waals surface area contributed by atoms with Crippen molar-refractivity contribution in [2.75, 3.05) is 32.8 Å². The second kappa shape index (κ2) is 8.12. The molecule has 4 nitrogen and oxygen atoms in total. The molecule has 1 aliphatic heterocycles. The number of nitrogens with zero attached hydrogens (tertiary/aromatic N) is 3. The van der Waals surface area contributed by atoms with Crippen LogP contribution in [0.15, 0.2) is 18.8 Å². The van der Waals surface area contributed by atoms with Gasteiger partial charge in [0.2, 0.25) is 0 Å². The van der Waals surface area contributed by atoms with Gasteiger partial charge < -0.3 is 4.74 Å². The molecule has 0 radical (unpaired) electrons. The number of hydrogen-bond donors (Lipinski definition) is 0. The maximum absolute atomic E-state index is 5.36. The molecule has 1 fully saturated rings. The highest BCUT2D eigenvalue weighted by Gasteiger charge is 2.16. The average Bonchev–Trinajstić information content (AvgIpc) is 2.92. The highest BCUT2D eigenvalue weighted by atomic mass is 16.5. The molecule has 1 aromatic heterocycles. The van der Waals surface area contributed by atoms with Crippen molar-refractivity contribution in [3.63, 3.8) is 0 Å². The highest BCUT2D eigenvalue weighted by molar-refractivity contribution is 5.57. The van der Waals surface area contributed by atoms with Crippen LogP contribution in [0.5, 0.6) is 0 Å². The first-order valence-electron chi connectivity index (χ1n) is 7.18. The van der Waals surface area contributed by atoms with Crippen LogP contribution in [0.3, 0.4) is 0 Å². The Morgan fingerprint density at radius 3 is 2.63 bits per heavy atom. The summed E-state index contributed by atoms with van der Waals surface area (Å²) >= 11 is 0. The van der Waals surface area contributed by atoms with E-state index in [1.54, 1.807) is 0 Å². The molecular formula is C15H27N3O. The average molecular weight is 265 g/mol. The Morgan fingerprint density at radius 2 is 2.05 bits per heavy atom. The largest absolute Gasteiger partial charge is 0.379 e. The van der Waals surface area contributed by atoms with Crippen molar-refractivity contribution >= 4 is 5.57 Å². The van der Waals surface area contributed by atoms with Crippen LogP contribution in [-0.4, -0.2) is 47.5 Å². The quantitative estimate of drug-likeness (QED) is 0.838. The molecule has 0 saturated carbocycles. The van der Waals surface area contributed by atoms with Crippen molar-refractivity contribution in [1.29, 1.82) is 0 Å². The summed E-state index contributed by atoms with van der Waals surface area (Å²) in [5.41, 5.74) is 2.20. The number of hydrogen-bond acceptors (Lipinski definition) is 3. The van der Waals surface area contributed by atoms with E-state index in [2.05, 4.69) is 28.2 Å². The van der Waals surface area contributed by atoms with Gasteiger partial charge in [-0.25, -0.2) is 0 Å². The van der Waals surface area contributed by atoms with Gasteiger partial charge in [-0.1, -0.05) is 20.4 Å². The van der Waals surface area contributed by atoms with E-state index in [-0.39, 0.29) is 0 Å². The zero-order valence-electron chi connectivity index (χ0n) is 12.7. The molecule has 0 aromatic carbocycles. The van der Waals surface area contributed by atoms with Gasteiger partial charge in [-0.15, -0.1) is 0 Å². The zero-order chi connectivity index (χ0) is 14.3. The lowest BCUT2D eigenvalue weighted by atomic mass is 10.2. The summed E-state index contributed by atoms with van der Waals surface area (Å²) in [4.78, 5) is 2.43. The first-order chi connectivity index (χ1) is 9.18. The highest BCUT2D eigenvalue weighted by Crippen LogP contribution is 2.17. The Bertz CT molecular complexity index is 380. The fourth-order valence-corrected chi connectivity index (χ4v) is 2.24. The van der Waals surface area contributed by atoms with E-state index in [1.165, 1.54) is 0 Å². The molecule has 1 aliphatic rings. The molecule has 0 N–H and O–H groups in total. The van der Waals surface area contributed by atoms with Gasteiger partial charge in [0.1, 0.15) is 0 Å². The minimum Gasteiger partial charge on any atom is -0.379 e. The summed E-state index contributed by atoms with van der Waals surface area (Å²) in [6.07, 6.45) is 1.85. The standard InChI is InChI=1S/C13H21N3O.C2H6/c1-11(2)13-4-5-14-16(13)12(3)10-15-6-8-17-9-7-15;1-2/h4-5,12H,1,6-10H2,2-3H3;1-2H3. The van der Waals surface area contributed by atoms with E-state index in [4.69, 9.17) is 4.74 Å². The Balaban J connectivity index is 0.000000861. The molecule has 0 aliphatic carbocycles. The van der Waals surface area contributed by atoms with Gasteiger partial charge in [-0.3, -0.25) is 9.58 Å². The molecule has 1 atom stereocenters. The topological polar surface area (TPSA) is 30.3 Å². The Morgan fingerprint density at radius 1 is 1.42 bits per heavy atom. The van der Waals surface area contributed by atoms with Gasteiger partial charge in [0.05, 0.1) is 24.9 Å². The van der Waals surface area contributed by atoms with Gasteiger partial charge in [-0.05, 0) is 25.5 Å². The van der Waals surface area contributed by atoms with Gasteiger partial charge in [-0.2, -0.15) is 5.10 Å². The molecule has 2 heterocycles. The third-order valence-electron chi connectivity index (χ3n) is 3.15. The summed E-state index contributed by atoms with van der Waals surface area (Å²) in [6.45, 7) is 17.0. The van der Waals surface area contributed by atoms with Gasteiger partial charge in [0.25, 0.3) is 0 Å². The van der Waals surface area contributed by atoms with Crippen LogP contribution in [0, 0.1) is 0 Å². The fraction of sp³-hybridized carbons (Fsp3) is 0.667. The molecule has 19 heavy (non-hydrogen) atoms. The van der Waals surface area contributed by atoms with E-state index in [1.807, 2.05) is 33.0 Å². The molecule has 1 unspecified atom stereocenters. The second-order valence-corrected chi connectivity index (χ2v) is 4.70. The van der Waals surface area contributed by atoms with Crippen molar-refractivity contribution in [2.24, 2.45) is 0 Å². The van der Waals surface area contributed by atoms with E-state index < -0.39 is 0 Å². The number of rotatable bonds is 4. The summed E-state index contributed by atoms with van der Waals surface area (Å²) in [7, 11) is 0. The Kier molecular flexibility index (Phi) is 6.81. The second-order valence-electron chi connectivity index (χ2n) is 4.70. The molecule has 4 heteroatoms. The predicted octanol–water partition coefficient (Wildman–Crippen LogP) is 2.84. The lowest BCUT2D eigenvalue weighted by Gasteiger charge is -2.29. The van der Waals surface area contributed by atoms with Crippen LogP contribution in [0.25, 0.3) is 5.57 Å². The minimum absolute atomic E-state index is 0.370. The summed E-state index contributed by atoms with van der Waals surface area (Å²) < 4.78 is 7.42. The summed E-state index contributed by atoms with van der Waals surface area (Å²) in [5.74, 6) is 0. The van der Waals surface area contributed by atoms with Gasteiger partial charge in [0.15, 0.2) is 0 Å². The monoisotopic (exact) mass is 265 g/mol. The smallest absolute Gasteiger partial charge is 0.0636 e. The van der Waals surface area contributed by atoms with Crippen molar-refractivity contribution < 1.29 is 4.74 Å². The third kappa shape index (κ3) is 4.48. The molecule has 1 saturated heterocycles. The third-order valence-corrected chi connectivity index (χ3v) is 3.15. The van der Waals surface area contributed by atoms with Crippen LogP contribution in [-0.2, 0) is 4.74 Å². The van der Waals surface area contributed by atoms with Crippen molar-refractivity contribution in [3.05, 3.63) is 24.5 Å². The van der Waals surface area contributed by atoms with E-state index in [0.29, 0.717) is 6.04 Å². The predicted molar refractivity (Wildman–Crippen MR) is 80.3 cm³/mol. The lowest BCUT2D eigenvalue weighted by molar-refractivity contribution is 0.0318. The molecule has 1 aromatic rings. The number of ether oxygens (including phenoxy) is 1. The maximum atomic E-state index is 5.36. The van der Waals surface area contributed by atoms with E-state index in [9.17, 15) is 0 Å². The zero-order valence-corrected chi connectivity index (χ0v) is 12.7. The number of allylic oxidation sites excluding steroid dienone is 1. The summed E-state index contributed by atoms with van der Waals surface area (Å²) in [6, 6.07) is 2.40. The maximum Gasteiger partial charge on any atom is 0.0636 e. The van der Waals surface area contributed by atoms with Gasteiger partial charge >= 0.3 is 0 Å². The molecule has 0 spiro atoms. The normalized spacial score (nSPS) is 17.5. The Labute approximate surface area is 117 Å². The summed E-state index contributed by atoms with van der Waals surface area (Å²) in [5, 5.41) is 4.40. The first kappa shape index (κ1) is 15.9. The molecule has 0 amide bonds. The SMILES string of the molecule is C=C(C)c1ccnn1C(C)CN1CCOCC1.CC. The van der Waals surface area contributed by atoms with Crippen LogP contribution < -0.4 is 0 Å². The molecular weight excluding hydrogens is 238 g/mol. The van der Waals surface area contributed by atoms with Crippen LogP contribution in [0.2, 0.25) is 0 Å². The van der Waals surface area contributed by atoms with Crippen molar-refractivity contribution in [3.8, 4) is 0 Å². The first-order valence-corrected chi connectivity index (χ1v) is 7.18. The van der Waals surface area contributed by atoms with E-state index >= 15 is 0 Å². The molecule has 2 rings (SSSR count). The van der Waals surface area contributed by atoms with E-state index in [0.717, 1.165) is 44.1 Å². The number of morpholine rings is 1. The minimum atomic E-state index is 0.370. The van der Waals surface area contributed by atoms with Crippen molar-refractivity contribution in [1.82, 2.24) is 14.7 Å².